The second-order valence-electron chi connectivity index (χ2n) is 6.32. The molecule has 1 aliphatic rings. The molecule has 0 radical (unpaired) electrons. The lowest BCUT2D eigenvalue weighted by Gasteiger charge is -2.30. The summed E-state index contributed by atoms with van der Waals surface area (Å²) in [5.41, 5.74) is 1.07. The van der Waals surface area contributed by atoms with Gasteiger partial charge in [-0.2, -0.15) is 0 Å². The Hall–Kier alpha value is -2.32. The fourth-order valence-electron chi connectivity index (χ4n) is 3.01. The third-order valence-corrected chi connectivity index (χ3v) is 4.28. The van der Waals surface area contributed by atoms with Crippen molar-refractivity contribution < 1.29 is 9.53 Å². The Kier molecular flexibility index (Phi) is 6.08. The van der Waals surface area contributed by atoms with Crippen LogP contribution in [0.2, 0.25) is 0 Å². The molecule has 1 aromatic heterocycles. The lowest BCUT2D eigenvalue weighted by molar-refractivity contribution is -0.125. The second kappa shape index (κ2) is 8.68. The first kappa shape index (κ1) is 17.5. The first-order valence-electron chi connectivity index (χ1n) is 8.59. The Bertz CT molecular complexity index is 642. The summed E-state index contributed by atoms with van der Waals surface area (Å²) in [6.45, 7) is 6.14. The van der Waals surface area contributed by atoms with E-state index in [1.807, 2.05) is 37.3 Å². The molecule has 1 aromatic carbocycles. The molecule has 1 aliphatic heterocycles. The quantitative estimate of drug-likeness (QED) is 0.777. The lowest BCUT2D eigenvalue weighted by Crippen LogP contribution is -2.47. The molecule has 1 N–H and O–H groups in total. The average Bonchev–Trinajstić information content (AvgIpc) is 3.15. The highest BCUT2D eigenvalue weighted by atomic mass is 16.5. The summed E-state index contributed by atoms with van der Waals surface area (Å²) in [4.78, 5) is 15.1. The van der Waals surface area contributed by atoms with Crippen LogP contribution < -0.4 is 5.32 Å². The molecule has 2 aromatic rings. The van der Waals surface area contributed by atoms with Crippen LogP contribution in [0.25, 0.3) is 0 Å². The monoisotopic (exact) mass is 344 g/mol. The topological polar surface area (TPSA) is 85.2 Å². The lowest BCUT2D eigenvalue weighted by atomic mass is 10.1. The maximum Gasteiger partial charge on any atom is 0.245 e. The van der Waals surface area contributed by atoms with Crippen LogP contribution in [0.3, 0.4) is 0 Å². The molecule has 0 saturated carbocycles. The molecule has 8 heteroatoms. The molecule has 2 atom stereocenters. The van der Waals surface area contributed by atoms with E-state index in [4.69, 9.17) is 4.74 Å². The number of hydrogen-bond donors (Lipinski definition) is 1. The van der Waals surface area contributed by atoms with Crippen molar-refractivity contribution in [3.8, 4) is 0 Å². The van der Waals surface area contributed by atoms with Crippen LogP contribution >= 0.6 is 0 Å². The van der Waals surface area contributed by atoms with Crippen LogP contribution in [0, 0.1) is 0 Å². The molecule has 0 aliphatic carbocycles. The molecule has 0 spiro atoms. The third kappa shape index (κ3) is 5.07. The number of benzene rings is 1. The Morgan fingerprint density at radius 3 is 2.72 bits per heavy atom. The number of carbonyl (C=O) groups excluding carboxylic acids is 1. The van der Waals surface area contributed by atoms with Crippen LogP contribution in [0.1, 0.15) is 18.5 Å². The molecule has 8 nitrogen and oxygen atoms in total. The van der Waals surface area contributed by atoms with Crippen molar-refractivity contribution in [2.24, 2.45) is 0 Å². The van der Waals surface area contributed by atoms with E-state index in [1.54, 1.807) is 0 Å². The van der Waals surface area contributed by atoms with E-state index < -0.39 is 6.04 Å². The molecule has 1 fully saturated rings. The van der Waals surface area contributed by atoms with Crippen LogP contribution in [0.4, 0.5) is 0 Å². The van der Waals surface area contributed by atoms with Crippen LogP contribution in [0.15, 0.2) is 36.7 Å². The van der Waals surface area contributed by atoms with Gasteiger partial charge in [0.25, 0.3) is 0 Å². The molecule has 25 heavy (non-hydrogen) atoms. The average molecular weight is 344 g/mol. The zero-order valence-corrected chi connectivity index (χ0v) is 14.4. The molecule has 1 amide bonds. The van der Waals surface area contributed by atoms with Crippen LogP contribution in [-0.2, 0) is 16.0 Å². The van der Waals surface area contributed by atoms with E-state index in [1.165, 1.54) is 11.0 Å². The normalized spacial score (nSPS) is 17.8. The highest BCUT2D eigenvalue weighted by molar-refractivity contribution is 5.80. The van der Waals surface area contributed by atoms with Gasteiger partial charge in [-0.05, 0) is 22.9 Å². The summed E-state index contributed by atoms with van der Waals surface area (Å²) in [6, 6.07) is 9.46. The minimum absolute atomic E-state index is 0.0420. The first-order chi connectivity index (χ1) is 12.2. The molecule has 3 rings (SSSR count). The zero-order chi connectivity index (χ0) is 17.5. The largest absolute Gasteiger partial charge is 0.379 e. The summed E-state index contributed by atoms with van der Waals surface area (Å²) < 4.78 is 6.88. The Labute approximate surface area is 147 Å². The van der Waals surface area contributed by atoms with Gasteiger partial charge >= 0.3 is 0 Å². The van der Waals surface area contributed by atoms with Crippen molar-refractivity contribution in [1.82, 2.24) is 30.4 Å². The molecule has 0 unspecified atom stereocenters. The maximum atomic E-state index is 12.8. The van der Waals surface area contributed by atoms with E-state index in [2.05, 4.69) is 25.7 Å². The Morgan fingerprint density at radius 2 is 2.04 bits per heavy atom. The van der Waals surface area contributed by atoms with E-state index in [0.29, 0.717) is 6.42 Å². The third-order valence-electron chi connectivity index (χ3n) is 4.28. The van der Waals surface area contributed by atoms with E-state index in [9.17, 15) is 4.79 Å². The zero-order valence-electron chi connectivity index (χ0n) is 14.4. The van der Waals surface area contributed by atoms with Crippen molar-refractivity contribution in [1.29, 1.82) is 0 Å². The highest BCUT2D eigenvalue weighted by Gasteiger charge is 2.24. The number of carbonyl (C=O) groups is 1. The van der Waals surface area contributed by atoms with E-state index in [-0.39, 0.29) is 11.9 Å². The predicted octanol–water partition coefficient (Wildman–Crippen LogP) is 0.294. The SMILES string of the molecule is C[C@H](CN1CCOCC1)NC(=O)[C@@H](Cc1ccccc1)n1cnnn1. The van der Waals surface area contributed by atoms with Gasteiger partial charge in [-0.25, -0.2) is 4.68 Å². The van der Waals surface area contributed by atoms with Gasteiger partial charge < -0.3 is 10.1 Å². The van der Waals surface area contributed by atoms with E-state index in [0.717, 1.165) is 38.4 Å². The predicted molar refractivity (Wildman–Crippen MR) is 91.9 cm³/mol. The smallest absolute Gasteiger partial charge is 0.245 e. The summed E-state index contributed by atoms with van der Waals surface area (Å²) in [5.74, 6) is -0.0723. The van der Waals surface area contributed by atoms with Gasteiger partial charge in [-0.15, -0.1) is 5.10 Å². The van der Waals surface area contributed by atoms with Gasteiger partial charge in [-0.1, -0.05) is 30.3 Å². The van der Waals surface area contributed by atoms with Crippen molar-refractivity contribution in [2.45, 2.75) is 25.4 Å². The van der Waals surface area contributed by atoms with Crippen molar-refractivity contribution in [3.05, 3.63) is 42.2 Å². The van der Waals surface area contributed by atoms with Gasteiger partial charge in [0.05, 0.1) is 13.2 Å². The summed E-state index contributed by atoms with van der Waals surface area (Å²) >= 11 is 0. The van der Waals surface area contributed by atoms with Crippen molar-refractivity contribution in [3.63, 3.8) is 0 Å². The minimum Gasteiger partial charge on any atom is -0.379 e. The Balaban J connectivity index is 1.62. The molecule has 1 saturated heterocycles. The number of ether oxygens (including phenoxy) is 1. The van der Waals surface area contributed by atoms with Gasteiger partial charge in [-0.3, -0.25) is 9.69 Å². The maximum absolute atomic E-state index is 12.8. The minimum atomic E-state index is -0.468. The molecular formula is C17H24N6O2. The fraction of sp³-hybridized carbons (Fsp3) is 0.529. The standard InChI is InChI=1S/C17H24N6O2/c1-14(12-22-7-9-25-10-8-22)19-17(24)16(23-13-18-20-21-23)11-15-5-3-2-4-6-15/h2-6,13-14,16H,7-12H2,1H3,(H,19,24)/t14-,16-/m1/s1. The number of hydrogen-bond acceptors (Lipinski definition) is 6. The molecule has 2 heterocycles. The number of nitrogens with one attached hydrogen (secondary N) is 1. The van der Waals surface area contributed by atoms with Gasteiger partial charge in [0, 0.05) is 32.1 Å². The number of morpholine rings is 1. The summed E-state index contributed by atoms with van der Waals surface area (Å²) in [5, 5.41) is 14.4. The Morgan fingerprint density at radius 1 is 1.28 bits per heavy atom. The molecule has 134 valence electrons. The summed E-state index contributed by atoms with van der Waals surface area (Å²) in [6.07, 6.45) is 2.03. The summed E-state index contributed by atoms with van der Waals surface area (Å²) in [7, 11) is 0. The van der Waals surface area contributed by atoms with Crippen molar-refractivity contribution in [2.75, 3.05) is 32.8 Å². The molecule has 0 bridgehead atoms. The number of tetrazole rings is 1. The van der Waals surface area contributed by atoms with Gasteiger partial charge in [0.2, 0.25) is 5.91 Å². The second-order valence-corrected chi connectivity index (χ2v) is 6.32. The van der Waals surface area contributed by atoms with E-state index >= 15 is 0 Å². The molecular weight excluding hydrogens is 320 g/mol. The first-order valence-corrected chi connectivity index (χ1v) is 8.59. The number of aromatic nitrogens is 4. The highest BCUT2D eigenvalue weighted by Crippen LogP contribution is 2.13. The van der Waals surface area contributed by atoms with Crippen LogP contribution in [-0.4, -0.2) is 69.9 Å². The van der Waals surface area contributed by atoms with Crippen molar-refractivity contribution >= 4 is 5.91 Å². The number of amides is 1. The van der Waals surface area contributed by atoms with Gasteiger partial charge in [0.1, 0.15) is 12.4 Å². The number of nitrogens with zero attached hydrogens (tertiary/aromatic N) is 5. The van der Waals surface area contributed by atoms with Crippen LogP contribution in [0.5, 0.6) is 0 Å². The van der Waals surface area contributed by atoms with Gasteiger partial charge in [0.15, 0.2) is 0 Å². The number of rotatable bonds is 7. The fourth-order valence-corrected chi connectivity index (χ4v) is 3.01.